The second-order valence-corrected chi connectivity index (χ2v) is 8.64. The number of H-pyrrole nitrogens is 1. The highest BCUT2D eigenvalue weighted by Gasteiger charge is 2.31. The molecule has 0 radical (unpaired) electrons. The molecule has 0 unspecified atom stereocenters. The van der Waals surface area contributed by atoms with E-state index in [4.69, 9.17) is 10.3 Å². The Morgan fingerprint density at radius 3 is 2.41 bits per heavy atom. The highest BCUT2D eigenvalue weighted by molar-refractivity contribution is 6.11. The summed E-state index contributed by atoms with van der Waals surface area (Å²) in [5, 5.41) is 4.08. The van der Waals surface area contributed by atoms with Crippen molar-refractivity contribution in [3.8, 4) is 11.3 Å². The number of anilines is 2. The molecule has 3 rings (SSSR count). The summed E-state index contributed by atoms with van der Waals surface area (Å²) in [5.74, 6) is -0.0650. The van der Waals surface area contributed by atoms with Crippen LogP contribution in [-0.4, -0.2) is 27.2 Å². The minimum atomic E-state index is -0.711. The summed E-state index contributed by atoms with van der Waals surface area (Å²) >= 11 is 0. The van der Waals surface area contributed by atoms with E-state index in [1.807, 2.05) is 58.0 Å². The van der Waals surface area contributed by atoms with Crippen LogP contribution < -0.4 is 21.9 Å². The molecule has 0 aliphatic carbocycles. The highest BCUT2D eigenvalue weighted by atomic mass is 16.5. The summed E-state index contributed by atoms with van der Waals surface area (Å²) in [6.45, 7) is 9.87. The first-order chi connectivity index (χ1) is 15.1. The fraction of sp³-hybridized carbons (Fsp3) is 0.391. The van der Waals surface area contributed by atoms with Gasteiger partial charge < -0.3 is 10.3 Å². The van der Waals surface area contributed by atoms with Crippen LogP contribution in [0.1, 0.15) is 43.8 Å². The Bertz CT molecular complexity index is 1220. The fourth-order valence-electron chi connectivity index (χ4n) is 3.58. The molecule has 1 aromatic carbocycles. The number of carbonyl (C=O) groups excluding carboxylic acids is 1. The lowest BCUT2D eigenvalue weighted by Gasteiger charge is -2.26. The van der Waals surface area contributed by atoms with E-state index in [0.29, 0.717) is 23.6 Å². The van der Waals surface area contributed by atoms with Gasteiger partial charge in [-0.3, -0.25) is 24.0 Å². The zero-order valence-electron chi connectivity index (χ0n) is 19.0. The molecule has 1 amide bonds. The molecule has 3 N–H and O–H groups in total. The van der Waals surface area contributed by atoms with Crippen LogP contribution in [-0.2, 0) is 6.54 Å². The van der Waals surface area contributed by atoms with E-state index in [-0.39, 0.29) is 35.4 Å². The molecular formula is C23H29N5O4. The highest BCUT2D eigenvalue weighted by Crippen LogP contribution is 2.29. The second-order valence-electron chi connectivity index (χ2n) is 8.64. The predicted octanol–water partition coefficient (Wildman–Crippen LogP) is 3.04. The number of aromatic amines is 1. The van der Waals surface area contributed by atoms with Crippen LogP contribution >= 0.6 is 0 Å². The summed E-state index contributed by atoms with van der Waals surface area (Å²) in [4.78, 5) is 42.7. The van der Waals surface area contributed by atoms with Crippen LogP contribution in [0.25, 0.3) is 11.3 Å². The Balaban J connectivity index is 2.20. The maximum atomic E-state index is 13.8. The Hall–Kier alpha value is -3.62. The fourth-order valence-corrected chi connectivity index (χ4v) is 3.58. The number of rotatable bonds is 7. The van der Waals surface area contributed by atoms with Gasteiger partial charge in [0.25, 0.3) is 11.5 Å². The lowest BCUT2D eigenvalue weighted by Crippen LogP contribution is -2.43. The largest absolute Gasteiger partial charge is 0.383 e. The van der Waals surface area contributed by atoms with Crippen LogP contribution in [0, 0.1) is 18.8 Å². The Labute approximate surface area is 185 Å². The van der Waals surface area contributed by atoms with Crippen LogP contribution in [0.5, 0.6) is 0 Å². The molecule has 0 fully saturated rings. The number of nitrogens with two attached hydrogens (primary N) is 1. The number of aromatic nitrogens is 3. The van der Waals surface area contributed by atoms with Gasteiger partial charge in [-0.15, -0.1) is 0 Å². The van der Waals surface area contributed by atoms with E-state index >= 15 is 0 Å². The summed E-state index contributed by atoms with van der Waals surface area (Å²) in [5.41, 5.74) is 6.27. The van der Waals surface area contributed by atoms with Crippen LogP contribution in [0.4, 0.5) is 11.5 Å². The number of nitrogens with one attached hydrogen (secondary N) is 1. The van der Waals surface area contributed by atoms with Crippen molar-refractivity contribution in [1.82, 2.24) is 14.7 Å². The Kier molecular flexibility index (Phi) is 6.67. The van der Waals surface area contributed by atoms with Gasteiger partial charge in [-0.25, -0.2) is 4.79 Å². The maximum Gasteiger partial charge on any atom is 0.330 e. The number of aryl methyl sites for hydroxylation is 1. The molecule has 0 spiro atoms. The topological polar surface area (TPSA) is 127 Å². The van der Waals surface area contributed by atoms with Gasteiger partial charge in [-0.05, 0) is 18.8 Å². The van der Waals surface area contributed by atoms with Gasteiger partial charge in [0.2, 0.25) is 0 Å². The SMILES string of the molecule is Cc1onc(-c2ccccc2)c1C(=O)N(CC(C)C)c1c(N)n(CC(C)C)c(=O)[nH]c1=O. The molecule has 0 atom stereocenters. The average molecular weight is 440 g/mol. The zero-order valence-corrected chi connectivity index (χ0v) is 19.0. The molecule has 2 heterocycles. The first-order valence-corrected chi connectivity index (χ1v) is 10.6. The number of hydrogen-bond donors (Lipinski definition) is 2. The molecule has 0 aliphatic rings. The third-order valence-corrected chi connectivity index (χ3v) is 4.95. The standard InChI is InChI=1S/C23H29N5O4/c1-13(2)11-27(19-20(24)28(12-14(3)4)23(31)25-21(19)29)22(30)17-15(5)32-26-18(17)16-9-7-6-8-10-16/h6-10,13-14H,11-12,24H2,1-5H3,(H,25,29,31). The third kappa shape index (κ3) is 4.51. The summed E-state index contributed by atoms with van der Waals surface area (Å²) in [6, 6.07) is 9.19. The van der Waals surface area contributed by atoms with E-state index in [1.165, 1.54) is 9.47 Å². The van der Waals surface area contributed by atoms with Crippen molar-refractivity contribution < 1.29 is 9.32 Å². The molecule has 2 aromatic heterocycles. The van der Waals surface area contributed by atoms with Crippen molar-refractivity contribution in [1.29, 1.82) is 0 Å². The van der Waals surface area contributed by atoms with E-state index in [2.05, 4.69) is 10.1 Å². The number of nitrogen functional groups attached to an aromatic ring is 1. The maximum absolute atomic E-state index is 13.8. The van der Waals surface area contributed by atoms with Gasteiger partial charge >= 0.3 is 5.69 Å². The molecule has 0 saturated carbocycles. The van der Waals surface area contributed by atoms with Gasteiger partial charge in [0.15, 0.2) is 5.69 Å². The molecule has 3 aromatic rings. The minimum Gasteiger partial charge on any atom is -0.383 e. The molecule has 9 heteroatoms. The van der Waals surface area contributed by atoms with Gasteiger partial charge in [0.1, 0.15) is 22.8 Å². The van der Waals surface area contributed by atoms with Crippen molar-refractivity contribution in [3.05, 3.63) is 62.5 Å². The normalized spacial score (nSPS) is 11.3. The minimum absolute atomic E-state index is 0.0172. The second kappa shape index (κ2) is 9.25. The molecular weight excluding hydrogens is 410 g/mol. The van der Waals surface area contributed by atoms with Crippen LogP contribution in [0.15, 0.2) is 44.4 Å². The monoisotopic (exact) mass is 439 g/mol. The summed E-state index contributed by atoms with van der Waals surface area (Å²) in [7, 11) is 0. The summed E-state index contributed by atoms with van der Waals surface area (Å²) in [6.07, 6.45) is 0. The van der Waals surface area contributed by atoms with E-state index in [1.54, 1.807) is 6.92 Å². The van der Waals surface area contributed by atoms with Crippen molar-refractivity contribution >= 4 is 17.4 Å². The van der Waals surface area contributed by atoms with Gasteiger partial charge in [-0.2, -0.15) is 0 Å². The molecule has 9 nitrogen and oxygen atoms in total. The van der Waals surface area contributed by atoms with E-state index < -0.39 is 17.2 Å². The number of amides is 1. The number of hydrogen-bond acceptors (Lipinski definition) is 6. The number of benzene rings is 1. The predicted molar refractivity (Wildman–Crippen MR) is 124 cm³/mol. The molecule has 32 heavy (non-hydrogen) atoms. The molecule has 0 saturated heterocycles. The smallest absolute Gasteiger partial charge is 0.330 e. The summed E-state index contributed by atoms with van der Waals surface area (Å²) < 4.78 is 6.64. The van der Waals surface area contributed by atoms with Crippen LogP contribution in [0.3, 0.4) is 0 Å². The quantitative estimate of drug-likeness (QED) is 0.582. The Morgan fingerprint density at radius 2 is 1.81 bits per heavy atom. The lowest BCUT2D eigenvalue weighted by molar-refractivity contribution is 0.0982. The molecule has 0 bridgehead atoms. The number of carbonyl (C=O) groups is 1. The van der Waals surface area contributed by atoms with Gasteiger partial charge in [-0.1, -0.05) is 63.2 Å². The van der Waals surface area contributed by atoms with Gasteiger partial charge in [0, 0.05) is 18.7 Å². The zero-order chi connectivity index (χ0) is 23.6. The molecule has 0 aliphatic heterocycles. The first-order valence-electron chi connectivity index (χ1n) is 10.6. The first kappa shape index (κ1) is 23.1. The average Bonchev–Trinajstić information content (AvgIpc) is 3.11. The van der Waals surface area contributed by atoms with E-state index in [0.717, 1.165) is 0 Å². The van der Waals surface area contributed by atoms with Crippen molar-refractivity contribution in [2.45, 2.75) is 41.2 Å². The van der Waals surface area contributed by atoms with Crippen molar-refractivity contribution in [3.63, 3.8) is 0 Å². The molecule has 170 valence electrons. The van der Waals surface area contributed by atoms with Crippen molar-refractivity contribution in [2.75, 3.05) is 17.2 Å². The van der Waals surface area contributed by atoms with Crippen LogP contribution in [0.2, 0.25) is 0 Å². The Morgan fingerprint density at radius 1 is 1.16 bits per heavy atom. The van der Waals surface area contributed by atoms with Gasteiger partial charge in [0.05, 0.1) is 0 Å². The third-order valence-electron chi connectivity index (χ3n) is 4.95. The van der Waals surface area contributed by atoms with E-state index in [9.17, 15) is 14.4 Å². The van der Waals surface area contributed by atoms with Crippen molar-refractivity contribution in [2.24, 2.45) is 11.8 Å². The number of nitrogens with zero attached hydrogens (tertiary/aromatic N) is 3. The lowest BCUT2D eigenvalue weighted by atomic mass is 10.0.